The van der Waals surface area contributed by atoms with E-state index in [0.29, 0.717) is 38.5 Å². The molecule has 2 aromatic heterocycles. The number of benzene rings is 2. The number of methoxy groups -OCH3 is 1. The maximum absolute atomic E-state index is 12.5. The Morgan fingerprint density at radius 2 is 1.81 bits per heavy atom. The van der Waals surface area contributed by atoms with Gasteiger partial charge in [0, 0.05) is 37.6 Å². The Bertz CT molecular complexity index is 1150. The molecule has 2 heterocycles. The third kappa shape index (κ3) is 5.31. The summed E-state index contributed by atoms with van der Waals surface area (Å²) in [7, 11) is 1.67. The van der Waals surface area contributed by atoms with Crippen molar-refractivity contribution in [1.82, 2.24) is 15.3 Å². The number of anilines is 1. The van der Waals surface area contributed by atoms with Crippen LogP contribution < -0.4 is 10.2 Å². The third-order valence-corrected chi connectivity index (χ3v) is 5.13. The van der Waals surface area contributed by atoms with E-state index < -0.39 is 0 Å². The number of furan rings is 1. The van der Waals surface area contributed by atoms with Gasteiger partial charge in [-0.15, -0.1) is 0 Å². The topological polar surface area (TPSA) is 80.5 Å². The lowest BCUT2D eigenvalue weighted by molar-refractivity contribution is -0.121. The molecular weight excluding hydrogens is 404 g/mol. The highest BCUT2D eigenvalue weighted by atomic mass is 16.5. The lowest BCUT2D eigenvalue weighted by Crippen LogP contribution is -2.33. The van der Waals surface area contributed by atoms with Crippen LogP contribution in [0.15, 0.2) is 77.4 Å². The lowest BCUT2D eigenvalue weighted by Gasteiger charge is -2.25. The van der Waals surface area contributed by atoms with Crippen molar-refractivity contribution in [3.63, 3.8) is 0 Å². The van der Waals surface area contributed by atoms with E-state index in [-0.39, 0.29) is 5.91 Å². The minimum atomic E-state index is -0.0505. The first-order valence-electron chi connectivity index (χ1n) is 10.6. The fraction of sp³-hybridized carbons (Fsp3) is 0.240. The van der Waals surface area contributed by atoms with Gasteiger partial charge in [0.25, 0.3) is 0 Å². The standard InChI is InChI=1S/C25H26N4O3/c1-31-17-15-29(14-13-23(30)26-18-20-10-7-16-32-20)25-21-11-5-6-12-22(21)27-24(28-25)19-8-3-2-4-9-19/h2-12,16H,13-15,17-18H2,1H3,(H,26,30). The Hall–Kier alpha value is -3.71. The molecule has 1 N–H and O–H groups in total. The summed E-state index contributed by atoms with van der Waals surface area (Å²) >= 11 is 0. The van der Waals surface area contributed by atoms with Crippen molar-refractivity contribution in [3.05, 3.63) is 78.8 Å². The number of rotatable bonds is 10. The van der Waals surface area contributed by atoms with Gasteiger partial charge in [-0.1, -0.05) is 42.5 Å². The predicted molar refractivity (Wildman–Crippen MR) is 124 cm³/mol. The van der Waals surface area contributed by atoms with Gasteiger partial charge in [0.15, 0.2) is 5.82 Å². The van der Waals surface area contributed by atoms with E-state index in [2.05, 4.69) is 10.2 Å². The van der Waals surface area contributed by atoms with E-state index in [1.807, 2.05) is 60.7 Å². The zero-order valence-electron chi connectivity index (χ0n) is 18.0. The Balaban J connectivity index is 1.58. The molecule has 0 unspecified atom stereocenters. The van der Waals surface area contributed by atoms with Crippen molar-refractivity contribution in [3.8, 4) is 11.4 Å². The van der Waals surface area contributed by atoms with Crippen LogP contribution in [0.1, 0.15) is 12.2 Å². The van der Waals surface area contributed by atoms with Crippen molar-refractivity contribution in [1.29, 1.82) is 0 Å². The normalized spacial score (nSPS) is 10.9. The predicted octanol–water partition coefficient (Wildman–Crippen LogP) is 4.05. The fourth-order valence-electron chi connectivity index (χ4n) is 3.47. The van der Waals surface area contributed by atoms with Crippen molar-refractivity contribution in [2.45, 2.75) is 13.0 Å². The first kappa shape index (κ1) is 21.5. The van der Waals surface area contributed by atoms with E-state index in [1.54, 1.807) is 19.4 Å². The van der Waals surface area contributed by atoms with Gasteiger partial charge in [0.1, 0.15) is 11.6 Å². The number of hydrogen-bond acceptors (Lipinski definition) is 6. The number of fused-ring (bicyclic) bond motifs is 1. The van der Waals surface area contributed by atoms with Crippen molar-refractivity contribution < 1.29 is 13.9 Å². The molecule has 0 saturated heterocycles. The highest BCUT2D eigenvalue weighted by molar-refractivity contribution is 5.91. The number of carbonyl (C=O) groups is 1. The first-order valence-corrected chi connectivity index (χ1v) is 10.6. The highest BCUT2D eigenvalue weighted by Crippen LogP contribution is 2.27. The summed E-state index contributed by atoms with van der Waals surface area (Å²) in [6.45, 7) is 2.01. The van der Waals surface area contributed by atoms with Crippen LogP contribution in [-0.2, 0) is 16.1 Å². The number of hydrogen-bond donors (Lipinski definition) is 1. The number of nitrogens with one attached hydrogen (secondary N) is 1. The number of amides is 1. The summed E-state index contributed by atoms with van der Waals surface area (Å²) < 4.78 is 10.6. The summed E-state index contributed by atoms with van der Waals surface area (Å²) in [5, 5.41) is 3.84. The van der Waals surface area contributed by atoms with E-state index in [1.165, 1.54) is 0 Å². The Morgan fingerprint density at radius 1 is 1.00 bits per heavy atom. The Kier molecular flexibility index (Phi) is 7.09. The molecule has 0 aliphatic rings. The van der Waals surface area contributed by atoms with E-state index in [0.717, 1.165) is 28.0 Å². The zero-order chi connectivity index (χ0) is 22.2. The molecule has 0 aliphatic carbocycles. The Labute approximate surface area is 187 Å². The molecule has 7 nitrogen and oxygen atoms in total. The molecular formula is C25H26N4O3. The number of carbonyl (C=O) groups excluding carboxylic acids is 1. The summed E-state index contributed by atoms with van der Waals surface area (Å²) in [6, 6.07) is 21.5. The average Bonchev–Trinajstić information content (AvgIpc) is 3.36. The van der Waals surface area contributed by atoms with Crippen LogP contribution in [0.3, 0.4) is 0 Å². The Morgan fingerprint density at radius 3 is 2.59 bits per heavy atom. The molecule has 32 heavy (non-hydrogen) atoms. The molecule has 164 valence electrons. The molecule has 2 aromatic carbocycles. The first-order chi connectivity index (χ1) is 15.7. The molecule has 0 bridgehead atoms. The SMILES string of the molecule is COCCN(CCC(=O)NCc1ccco1)c1nc(-c2ccccc2)nc2ccccc12. The summed E-state index contributed by atoms with van der Waals surface area (Å²) in [5.74, 6) is 2.13. The van der Waals surface area contributed by atoms with E-state index in [9.17, 15) is 4.79 Å². The molecule has 0 saturated carbocycles. The van der Waals surface area contributed by atoms with Crippen molar-refractivity contribution in [2.24, 2.45) is 0 Å². The van der Waals surface area contributed by atoms with Crippen LogP contribution in [-0.4, -0.2) is 42.7 Å². The second-order valence-electron chi connectivity index (χ2n) is 7.34. The van der Waals surface area contributed by atoms with Crippen molar-refractivity contribution in [2.75, 3.05) is 31.7 Å². The zero-order valence-corrected chi connectivity index (χ0v) is 18.0. The molecule has 0 spiro atoms. The van der Waals surface area contributed by atoms with Crippen LogP contribution in [0.4, 0.5) is 5.82 Å². The summed E-state index contributed by atoms with van der Waals surface area (Å²) in [4.78, 5) is 24.2. The molecule has 0 aliphatic heterocycles. The van der Waals surface area contributed by atoms with Gasteiger partial charge in [0.2, 0.25) is 5.91 Å². The number of nitrogens with zero attached hydrogens (tertiary/aromatic N) is 3. The van der Waals surface area contributed by atoms with Crippen molar-refractivity contribution >= 4 is 22.6 Å². The van der Waals surface area contributed by atoms with E-state index in [4.69, 9.17) is 19.1 Å². The van der Waals surface area contributed by atoms with Gasteiger partial charge in [-0.3, -0.25) is 4.79 Å². The maximum atomic E-state index is 12.5. The molecule has 0 fully saturated rings. The quantitative estimate of drug-likeness (QED) is 0.409. The number of para-hydroxylation sites is 1. The second-order valence-corrected chi connectivity index (χ2v) is 7.34. The van der Waals surface area contributed by atoms with E-state index >= 15 is 0 Å². The van der Waals surface area contributed by atoms with Gasteiger partial charge in [-0.05, 0) is 24.3 Å². The third-order valence-electron chi connectivity index (χ3n) is 5.13. The monoisotopic (exact) mass is 430 g/mol. The minimum Gasteiger partial charge on any atom is -0.467 e. The second kappa shape index (κ2) is 10.5. The maximum Gasteiger partial charge on any atom is 0.222 e. The van der Waals surface area contributed by atoms with Crippen LogP contribution in [0, 0.1) is 0 Å². The van der Waals surface area contributed by atoms with Gasteiger partial charge in [-0.25, -0.2) is 9.97 Å². The molecule has 0 radical (unpaired) electrons. The molecule has 4 rings (SSSR count). The van der Waals surface area contributed by atoms with Gasteiger partial charge >= 0.3 is 0 Å². The molecule has 1 amide bonds. The number of ether oxygens (including phenoxy) is 1. The fourth-order valence-corrected chi connectivity index (χ4v) is 3.47. The highest BCUT2D eigenvalue weighted by Gasteiger charge is 2.17. The van der Waals surface area contributed by atoms with Crippen LogP contribution in [0.5, 0.6) is 0 Å². The van der Waals surface area contributed by atoms with Gasteiger partial charge in [-0.2, -0.15) is 0 Å². The largest absolute Gasteiger partial charge is 0.467 e. The molecule has 0 atom stereocenters. The van der Waals surface area contributed by atoms with Gasteiger partial charge in [0.05, 0.1) is 24.9 Å². The summed E-state index contributed by atoms with van der Waals surface area (Å²) in [5.41, 5.74) is 1.81. The summed E-state index contributed by atoms with van der Waals surface area (Å²) in [6.07, 6.45) is 1.92. The number of aromatic nitrogens is 2. The minimum absolute atomic E-state index is 0.0505. The van der Waals surface area contributed by atoms with Crippen LogP contribution in [0.2, 0.25) is 0 Å². The van der Waals surface area contributed by atoms with Crippen LogP contribution >= 0.6 is 0 Å². The lowest BCUT2D eigenvalue weighted by atomic mass is 10.1. The average molecular weight is 431 g/mol. The van der Waals surface area contributed by atoms with Crippen LogP contribution in [0.25, 0.3) is 22.3 Å². The molecule has 7 heteroatoms. The smallest absolute Gasteiger partial charge is 0.222 e. The molecule has 4 aromatic rings. The van der Waals surface area contributed by atoms with Gasteiger partial charge < -0.3 is 19.4 Å².